The Labute approximate surface area is 223 Å². The normalized spacial score (nSPS) is 15.4. The van der Waals surface area contributed by atoms with Gasteiger partial charge < -0.3 is 14.8 Å². The Hall–Kier alpha value is -3.81. The predicted molar refractivity (Wildman–Crippen MR) is 148 cm³/mol. The third kappa shape index (κ3) is 5.96. The molecule has 0 unspecified atom stereocenters. The molecule has 1 aliphatic heterocycles. The van der Waals surface area contributed by atoms with Crippen molar-refractivity contribution in [2.24, 2.45) is 4.99 Å². The first kappa shape index (κ1) is 24.9. The molecule has 1 heterocycles. The van der Waals surface area contributed by atoms with Gasteiger partial charge in [0.1, 0.15) is 12.4 Å². The zero-order valence-corrected chi connectivity index (χ0v) is 21.4. The van der Waals surface area contributed by atoms with Gasteiger partial charge in [-0.1, -0.05) is 48.0 Å². The number of nitrogens with zero attached hydrogens (tertiary/aromatic N) is 1. The SMILES string of the molecule is CCOc1cc(/C=C2/SC(=Nc3ccc(F)cc3)NC2=O)cc(Cl)c1OCc1ccc2ccccc2c1. The zero-order chi connectivity index (χ0) is 25.8. The van der Waals surface area contributed by atoms with Crippen molar-refractivity contribution < 1.29 is 18.7 Å². The lowest BCUT2D eigenvalue weighted by Gasteiger charge is -2.15. The van der Waals surface area contributed by atoms with Gasteiger partial charge in [-0.3, -0.25) is 4.79 Å². The van der Waals surface area contributed by atoms with E-state index in [2.05, 4.69) is 34.6 Å². The molecule has 1 amide bonds. The zero-order valence-electron chi connectivity index (χ0n) is 19.8. The Bertz CT molecular complexity index is 1540. The third-order valence-electron chi connectivity index (χ3n) is 5.53. The van der Waals surface area contributed by atoms with Crippen LogP contribution in [0.2, 0.25) is 5.02 Å². The minimum Gasteiger partial charge on any atom is -0.490 e. The van der Waals surface area contributed by atoms with E-state index in [9.17, 15) is 9.18 Å². The molecule has 37 heavy (non-hydrogen) atoms. The molecule has 5 rings (SSSR count). The maximum atomic E-state index is 13.1. The molecule has 1 aliphatic rings. The molecule has 0 radical (unpaired) electrons. The van der Waals surface area contributed by atoms with Crippen LogP contribution in [0.15, 0.2) is 88.8 Å². The number of hydrogen-bond donors (Lipinski definition) is 1. The second-order valence-corrected chi connectivity index (χ2v) is 9.63. The number of ether oxygens (including phenoxy) is 2. The van der Waals surface area contributed by atoms with E-state index in [0.717, 1.165) is 16.3 Å². The molecule has 0 saturated carbocycles. The van der Waals surface area contributed by atoms with Gasteiger partial charge in [0.15, 0.2) is 16.7 Å². The Morgan fingerprint density at radius 3 is 2.57 bits per heavy atom. The first-order valence-electron chi connectivity index (χ1n) is 11.6. The lowest BCUT2D eigenvalue weighted by atomic mass is 10.1. The van der Waals surface area contributed by atoms with Crippen LogP contribution < -0.4 is 14.8 Å². The summed E-state index contributed by atoms with van der Waals surface area (Å²) < 4.78 is 25.0. The Morgan fingerprint density at radius 2 is 1.78 bits per heavy atom. The minimum atomic E-state index is -0.348. The minimum absolute atomic E-state index is 0.281. The van der Waals surface area contributed by atoms with Crippen molar-refractivity contribution in [3.8, 4) is 11.5 Å². The van der Waals surface area contributed by atoms with Crippen LogP contribution in [-0.4, -0.2) is 17.7 Å². The number of rotatable bonds is 7. The summed E-state index contributed by atoms with van der Waals surface area (Å²) in [6.45, 7) is 2.63. The number of nitrogens with one attached hydrogen (secondary N) is 1. The van der Waals surface area contributed by atoms with E-state index in [1.807, 2.05) is 25.1 Å². The summed E-state index contributed by atoms with van der Waals surface area (Å²) in [6.07, 6.45) is 1.72. The number of fused-ring (bicyclic) bond motifs is 1. The molecule has 0 atom stereocenters. The van der Waals surface area contributed by atoms with Crippen LogP contribution in [0.25, 0.3) is 16.8 Å². The van der Waals surface area contributed by atoms with Gasteiger partial charge in [-0.25, -0.2) is 9.38 Å². The second-order valence-electron chi connectivity index (χ2n) is 8.19. The molecule has 5 nitrogen and oxygen atoms in total. The van der Waals surface area contributed by atoms with Crippen LogP contribution >= 0.6 is 23.4 Å². The fraction of sp³-hybridized carbons (Fsp3) is 0.103. The van der Waals surface area contributed by atoms with Crippen LogP contribution in [0.3, 0.4) is 0 Å². The van der Waals surface area contributed by atoms with Crippen molar-refractivity contribution >= 4 is 57.0 Å². The Morgan fingerprint density at radius 1 is 1.00 bits per heavy atom. The number of amidine groups is 1. The lowest BCUT2D eigenvalue weighted by Crippen LogP contribution is -2.19. The van der Waals surface area contributed by atoms with Crippen LogP contribution in [0, 0.1) is 5.82 Å². The number of carbonyl (C=O) groups excluding carboxylic acids is 1. The molecule has 1 fully saturated rings. The largest absolute Gasteiger partial charge is 0.490 e. The van der Waals surface area contributed by atoms with E-state index in [-0.39, 0.29) is 11.7 Å². The van der Waals surface area contributed by atoms with E-state index < -0.39 is 0 Å². The molecule has 8 heteroatoms. The maximum Gasteiger partial charge on any atom is 0.264 e. The van der Waals surface area contributed by atoms with E-state index in [1.54, 1.807) is 30.3 Å². The molecule has 1 saturated heterocycles. The second kappa shape index (κ2) is 11.1. The molecule has 4 aromatic carbocycles. The number of aliphatic imine (C=N–C) groups is 1. The highest BCUT2D eigenvalue weighted by Crippen LogP contribution is 2.39. The van der Waals surface area contributed by atoms with Gasteiger partial charge in [0.05, 0.1) is 22.2 Å². The molecule has 0 aliphatic carbocycles. The van der Waals surface area contributed by atoms with Gasteiger partial charge in [0.25, 0.3) is 5.91 Å². The van der Waals surface area contributed by atoms with Crippen LogP contribution in [-0.2, 0) is 11.4 Å². The highest BCUT2D eigenvalue weighted by Gasteiger charge is 2.24. The third-order valence-corrected chi connectivity index (χ3v) is 6.73. The smallest absolute Gasteiger partial charge is 0.264 e. The fourth-order valence-electron chi connectivity index (χ4n) is 3.82. The van der Waals surface area contributed by atoms with E-state index in [0.29, 0.717) is 51.1 Å². The van der Waals surface area contributed by atoms with E-state index >= 15 is 0 Å². The summed E-state index contributed by atoms with van der Waals surface area (Å²) in [7, 11) is 0. The van der Waals surface area contributed by atoms with Crippen molar-refractivity contribution in [3.05, 3.63) is 106 Å². The van der Waals surface area contributed by atoms with Crippen LogP contribution in [0.1, 0.15) is 18.1 Å². The van der Waals surface area contributed by atoms with E-state index in [1.165, 1.54) is 23.9 Å². The molecule has 186 valence electrons. The lowest BCUT2D eigenvalue weighted by molar-refractivity contribution is -0.115. The molecule has 0 aromatic heterocycles. The Balaban J connectivity index is 1.36. The fourth-order valence-corrected chi connectivity index (χ4v) is 4.94. The molecular weight excluding hydrogens is 511 g/mol. The number of thioether (sulfide) groups is 1. The van der Waals surface area contributed by atoms with Crippen molar-refractivity contribution in [2.75, 3.05) is 6.61 Å². The number of halogens is 2. The quantitative estimate of drug-likeness (QED) is 0.250. The number of hydrogen-bond acceptors (Lipinski definition) is 5. The molecule has 0 spiro atoms. The first-order chi connectivity index (χ1) is 18.0. The van der Waals surface area contributed by atoms with Gasteiger partial charge in [0.2, 0.25) is 0 Å². The first-order valence-corrected chi connectivity index (χ1v) is 12.8. The van der Waals surface area contributed by atoms with Crippen LogP contribution in [0.5, 0.6) is 11.5 Å². The van der Waals surface area contributed by atoms with Gasteiger partial charge in [-0.2, -0.15) is 0 Å². The van der Waals surface area contributed by atoms with Crippen molar-refractivity contribution in [3.63, 3.8) is 0 Å². The van der Waals surface area contributed by atoms with Crippen LogP contribution in [0.4, 0.5) is 10.1 Å². The molecule has 1 N–H and O–H groups in total. The van der Waals surface area contributed by atoms with Gasteiger partial charge in [0, 0.05) is 0 Å². The number of carbonyl (C=O) groups is 1. The standard InChI is InChI=1S/C29H22ClFN2O3S/c1-2-35-25-15-19(16-26-28(34)33-29(37-26)32-23-11-9-22(31)10-12-23)14-24(30)27(25)36-17-18-7-8-20-5-3-4-6-21(20)13-18/h3-16H,2,17H2,1H3,(H,32,33,34)/b26-16+. The van der Waals surface area contributed by atoms with Crippen molar-refractivity contribution in [2.45, 2.75) is 13.5 Å². The topological polar surface area (TPSA) is 59.9 Å². The van der Waals surface area contributed by atoms with Crippen molar-refractivity contribution in [1.82, 2.24) is 5.32 Å². The van der Waals surface area contributed by atoms with Gasteiger partial charge in [-0.15, -0.1) is 0 Å². The summed E-state index contributed by atoms with van der Waals surface area (Å²) in [6, 6.07) is 23.6. The summed E-state index contributed by atoms with van der Waals surface area (Å²) in [5.41, 5.74) is 2.24. The summed E-state index contributed by atoms with van der Waals surface area (Å²) in [4.78, 5) is 17.3. The summed E-state index contributed by atoms with van der Waals surface area (Å²) in [5.74, 6) is 0.308. The van der Waals surface area contributed by atoms with Crippen molar-refractivity contribution in [1.29, 1.82) is 0 Å². The summed E-state index contributed by atoms with van der Waals surface area (Å²) >= 11 is 7.80. The molecule has 0 bridgehead atoms. The average molecular weight is 533 g/mol. The van der Waals surface area contributed by atoms with E-state index in [4.69, 9.17) is 21.1 Å². The monoisotopic (exact) mass is 532 g/mol. The Kier molecular flexibility index (Phi) is 7.44. The highest BCUT2D eigenvalue weighted by molar-refractivity contribution is 8.18. The summed E-state index contributed by atoms with van der Waals surface area (Å²) in [5, 5.41) is 5.81. The molecular formula is C29H22ClFN2O3S. The molecule has 4 aromatic rings. The number of amides is 1. The number of benzene rings is 4. The average Bonchev–Trinajstić information content (AvgIpc) is 3.23. The predicted octanol–water partition coefficient (Wildman–Crippen LogP) is 7.50. The highest BCUT2D eigenvalue weighted by atomic mass is 35.5. The maximum absolute atomic E-state index is 13.1. The van der Waals surface area contributed by atoms with Gasteiger partial charge >= 0.3 is 0 Å². The van der Waals surface area contributed by atoms with Gasteiger partial charge in [-0.05, 0) is 89.1 Å².